The summed E-state index contributed by atoms with van der Waals surface area (Å²) in [5, 5.41) is 3.64. The highest BCUT2D eigenvalue weighted by Gasteiger charge is 2.19. The molecule has 0 aliphatic rings. The van der Waals surface area contributed by atoms with Crippen LogP contribution in [0.4, 0.5) is 5.69 Å². The maximum absolute atomic E-state index is 12.1. The van der Waals surface area contributed by atoms with Crippen molar-refractivity contribution < 1.29 is 4.79 Å². The van der Waals surface area contributed by atoms with E-state index in [-0.39, 0.29) is 31.7 Å². The van der Waals surface area contributed by atoms with Gasteiger partial charge >= 0.3 is 0 Å². The number of anilines is 1. The van der Waals surface area contributed by atoms with Crippen LogP contribution in [-0.2, 0) is 0 Å². The number of hydrogen-bond donors (Lipinski definition) is 4. The van der Waals surface area contributed by atoms with Crippen LogP contribution in [0.5, 0.6) is 0 Å². The number of aromatic nitrogens is 1. The van der Waals surface area contributed by atoms with Gasteiger partial charge < -0.3 is 11.1 Å². The molecule has 1 aromatic carbocycles. The zero-order chi connectivity index (χ0) is 20.0. The van der Waals surface area contributed by atoms with Gasteiger partial charge in [0.1, 0.15) is 5.02 Å². The summed E-state index contributed by atoms with van der Waals surface area (Å²) >= 11 is 30.2. The molecule has 0 aliphatic heterocycles. The van der Waals surface area contributed by atoms with Crippen molar-refractivity contribution in [1.82, 2.24) is 21.2 Å². The third kappa shape index (κ3) is 6.44. The molecule has 0 bridgehead atoms. The van der Waals surface area contributed by atoms with E-state index in [2.05, 4.69) is 21.2 Å². The van der Waals surface area contributed by atoms with Crippen LogP contribution in [0.15, 0.2) is 29.2 Å². The smallest absolute Gasteiger partial charge is 0.289 e. The molecule has 1 amide bonds. The predicted molar refractivity (Wildman–Crippen MR) is 117 cm³/mol. The number of nitrogens with one attached hydrogen (secondary N) is 3. The highest BCUT2D eigenvalue weighted by molar-refractivity contribution is 7.99. The number of thioether (sulfide) groups is 1. The molecule has 0 fully saturated rings. The Balaban J connectivity index is 1.77. The van der Waals surface area contributed by atoms with Crippen LogP contribution >= 0.6 is 70.4 Å². The molecule has 0 spiro atoms. The van der Waals surface area contributed by atoms with Crippen molar-refractivity contribution in [1.29, 1.82) is 0 Å². The fourth-order valence-corrected chi connectivity index (χ4v) is 3.40. The number of amides is 1. The second kappa shape index (κ2) is 10.4. The zero-order valence-electron chi connectivity index (χ0n) is 13.5. The summed E-state index contributed by atoms with van der Waals surface area (Å²) in [5.41, 5.74) is 10.4. The minimum Gasteiger partial charge on any atom is -0.396 e. The van der Waals surface area contributed by atoms with E-state index in [1.165, 1.54) is 0 Å². The van der Waals surface area contributed by atoms with Crippen LogP contribution in [0.25, 0.3) is 0 Å². The first-order chi connectivity index (χ1) is 12.8. The van der Waals surface area contributed by atoms with E-state index in [9.17, 15) is 4.79 Å². The number of pyridine rings is 1. The molecule has 0 saturated heterocycles. The van der Waals surface area contributed by atoms with Gasteiger partial charge in [-0.25, -0.2) is 4.98 Å². The van der Waals surface area contributed by atoms with Crippen LogP contribution < -0.4 is 21.9 Å². The molecule has 144 valence electrons. The molecule has 27 heavy (non-hydrogen) atoms. The Hall–Kier alpha value is -1.16. The van der Waals surface area contributed by atoms with E-state index in [0.717, 1.165) is 10.6 Å². The number of halogens is 4. The molecule has 5 N–H and O–H groups in total. The van der Waals surface area contributed by atoms with Crippen molar-refractivity contribution in [3.8, 4) is 0 Å². The Kier molecular flexibility index (Phi) is 8.53. The van der Waals surface area contributed by atoms with E-state index in [1.807, 2.05) is 24.3 Å². The van der Waals surface area contributed by atoms with Crippen LogP contribution in [0.1, 0.15) is 10.5 Å². The summed E-state index contributed by atoms with van der Waals surface area (Å²) in [6.07, 6.45) is 0. The molecule has 0 aliphatic carbocycles. The molecule has 6 nitrogen and oxygen atoms in total. The monoisotopic (exact) mass is 483 g/mol. The number of hydrazine groups is 1. The fourth-order valence-electron chi connectivity index (χ4n) is 1.76. The van der Waals surface area contributed by atoms with Gasteiger partial charge in [-0.1, -0.05) is 46.4 Å². The van der Waals surface area contributed by atoms with E-state index in [4.69, 9.17) is 64.4 Å². The third-order valence-corrected chi connectivity index (χ3v) is 5.69. The van der Waals surface area contributed by atoms with Gasteiger partial charge in [-0.3, -0.25) is 15.6 Å². The maximum Gasteiger partial charge on any atom is 0.289 e. The molecular formula is C15H13Cl4N5OS2. The molecule has 0 atom stereocenters. The highest BCUT2D eigenvalue weighted by atomic mass is 35.5. The van der Waals surface area contributed by atoms with Crippen LogP contribution in [0.3, 0.4) is 0 Å². The molecule has 1 heterocycles. The van der Waals surface area contributed by atoms with Gasteiger partial charge in [0, 0.05) is 22.2 Å². The Morgan fingerprint density at radius 3 is 2.44 bits per heavy atom. The van der Waals surface area contributed by atoms with Crippen LogP contribution in [0, 0.1) is 0 Å². The van der Waals surface area contributed by atoms with E-state index in [1.54, 1.807) is 11.8 Å². The number of thiocarbonyl (C=S) groups is 1. The SMILES string of the molecule is Nc1c(Cl)c(Cl)nc(C(=O)NNC(=S)NCCSc2ccc(Cl)cc2)c1Cl. The second-order valence-corrected chi connectivity index (χ2v) is 8.06. The van der Waals surface area contributed by atoms with Gasteiger partial charge in [0.15, 0.2) is 16.0 Å². The standard InChI is InChI=1S/C15H13Cl4N5OS2/c16-7-1-3-8(4-2-7)27-6-5-21-15(26)24-23-14(25)12-9(17)11(20)10(18)13(19)22-12/h1-4H,5-6H2,(H2,20,22)(H,23,25)(H2,21,24,26). The average Bonchev–Trinajstić information content (AvgIpc) is 2.66. The third-order valence-electron chi connectivity index (χ3n) is 3.05. The normalized spacial score (nSPS) is 10.4. The summed E-state index contributed by atoms with van der Waals surface area (Å²) in [4.78, 5) is 17.1. The minimum atomic E-state index is -0.662. The first-order valence-electron chi connectivity index (χ1n) is 7.32. The second-order valence-electron chi connectivity index (χ2n) is 4.93. The van der Waals surface area contributed by atoms with E-state index >= 15 is 0 Å². The van der Waals surface area contributed by atoms with E-state index in [0.29, 0.717) is 11.6 Å². The van der Waals surface area contributed by atoms with Crippen molar-refractivity contribution in [2.45, 2.75) is 4.90 Å². The molecule has 0 saturated carbocycles. The number of hydrogen-bond acceptors (Lipinski definition) is 5. The van der Waals surface area contributed by atoms with Gasteiger partial charge in [0.25, 0.3) is 5.91 Å². The fraction of sp³-hybridized carbons (Fsp3) is 0.133. The first-order valence-corrected chi connectivity index (χ1v) is 10.2. The Labute approximate surface area is 185 Å². The van der Waals surface area contributed by atoms with Crippen LogP contribution in [0.2, 0.25) is 20.2 Å². The highest BCUT2D eigenvalue weighted by Crippen LogP contribution is 2.34. The van der Waals surface area contributed by atoms with Gasteiger partial charge in [0.05, 0.1) is 10.7 Å². The van der Waals surface area contributed by atoms with Crippen LogP contribution in [-0.4, -0.2) is 28.3 Å². The summed E-state index contributed by atoms with van der Waals surface area (Å²) in [5.74, 6) is 0.0960. The maximum atomic E-state index is 12.1. The number of carbonyl (C=O) groups is 1. The van der Waals surface area contributed by atoms with Gasteiger partial charge in [0.2, 0.25) is 0 Å². The predicted octanol–water partition coefficient (Wildman–Crippen LogP) is 4.18. The lowest BCUT2D eigenvalue weighted by atomic mass is 10.3. The van der Waals surface area contributed by atoms with Crippen molar-refractivity contribution in [2.75, 3.05) is 18.0 Å². The molecule has 2 aromatic rings. The molecule has 0 radical (unpaired) electrons. The van der Waals surface area contributed by atoms with Crippen molar-refractivity contribution >= 4 is 87.1 Å². The van der Waals surface area contributed by atoms with Crippen molar-refractivity contribution in [3.63, 3.8) is 0 Å². The van der Waals surface area contributed by atoms with Gasteiger partial charge in [-0.15, -0.1) is 11.8 Å². The number of nitrogens with two attached hydrogens (primary N) is 1. The van der Waals surface area contributed by atoms with E-state index < -0.39 is 5.91 Å². The minimum absolute atomic E-state index is 0.0125. The van der Waals surface area contributed by atoms with Crippen molar-refractivity contribution in [2.24, 2.45) is 0 Å². The Morgan fingerprint density at radius 1 is 1.11 bits per heavy atom. The largest absolute Gasteiger partial charge is 0.396 e. The number of carbonyl (C=O) groups excluding carboxylic acids is 1. The zero-order valence-corrected chi connectivity index (χ0v) is 18.1. The van der Waals surface area contributed by atoms with Gasteiger partial charge in [-0.05, 0) is 36.5 Å². The molecule has 1 aromatic heterocycles. The summed E-state index contributed by atoms with van der Waals surface area (Å²) in [6, 6.07) is 7.52. The molecule has 12 heteroatoms. The average molecular weight is 485 g/mol. The number of nitrogen functional groups attached to an aromatic ring is 1. The number of rotatable bonds is 5. The Bertz CT molecular complexity index is 851. The van der Waals surface area contributed by atoms with Crippen molar-refractivity contribution in [3.05, 3.63) is 50.2 Å². The quantitative estimate of drug-likeness (QED) is 0.166. The summed E-state index contributed by atoms with van der Waals surface area (Å²) in [7, 11) is 0. The Morgan fingerprint density at radius 2 is 1.78 bits per heavy atom. The number of nitrogens with zero attached hydrogens (tertiary/aromatic N) is 1. The lowest BCUT2D eigenvalue weighted by molar-refractivity contribution is 0.0939. The molecule has 0 unspecified atom stereocenters. The lowest BCUT2D eigenvalue weighted by Crippen LogP contribution is -2.47. The molecular weight excluding hydrogens is 472 g/mol. The molecule has 2 rings (SSSR count). The van der Waals surface area contributed by atoms with Gasteiger partial charge in [-0.2, -0.15) is 0 Å². The number of benzene rings is 1. The first kappa shape index (κ1) is 22.1. The lowest BCUT2D eigenvalue weighted by Gasteiger charge is -2.13. The summed E-state index contributed by atoms with van der Waals surface area (Å²) < 4.78 is 0. The summed E-state index contributed by atoms with van der Waals surface area (Å²) in [6.45, 7) is 0.577. The topological polar surface area (TPSA) is 92.1 Å².